The number of nitrogens with two attached hydrogens (primary N) is 1. The van der Waals surface area contributed by atoms with E-state index >= 15 is 0 Å². The SMILES string of the molecule is CC(C)C(OC(=O)c1ccc(-c2ccc(O)cc2)cc1)C(=O)NC(N)=O. The molecular formula is C19H20N2O5. The van der Waals surface area contributed by atoms with Crippen molar-refractivity contribution in [2.75, 3.05) is 0 Å². The minimum Gasteiger partial charge on any atom is -0.508 e. The molecule has 0 saturated carbocycles. The van der Waals surface area contributed by atoms with E-state index in [1.165, 1.54) is 0 Å². The van der Waals surface area contributed by atoms with Crippen molar-refractivity contribution in [1.82, 2.24) is 5.32 Å². The Morgan fingerprint density at radius 3 is 1.92 bits per heavy atom. The van der Waals surface area contributed by atoms with Crippen molar-refractivity contribution in [1.29, 1.82) is 0 Å². The number of phenols is 1. The number of rotatable bonds is 5. The fourth-order valence-corrected chi connectivity index (χ4v) is 2.32. The summed E-state index contributed by atoms with van der Waals surface area (Å²) in [7, 11) is 0. The molecule has 0 aliphatic heterocycles. The summed E-state index contributed by atoms with van der Waals surface area (Å²) in [5.74, 6) is -1.61. The number of esters is 1. The van der Waals surface area contributed by atoms with Crippen LogP contribution in [0.3, 0.4) is 0 Å². The number of amides is 3. The minimum atomic E-state index is -1.13. The van der Waals surface area contributed by atoms with Crippen LogP contribution in [0.2, 0.25) is 0 Å². The van der Waals surface area contributed by atoms with E-state index in [4.69, 9.17) is 10.5 Å². The highest BCUT2D eigenvalue weighted by molar-refractivity contribution is 5.98. The second-order valence-corrected chi connectivity index (χ2v) is 6.05. The second kappa shape index (κ2) is 8.15. The number of nitrogens with one attached hydrogen (secondary N) is 1. The van der Waals surface area contributed by atoms with Crippen LogP contribution in [0, 0.1) is 5.92 Å². The Balaban J connectivity index is 2.12. The number of imide groups is 1. The quantitative estimate of drug-likeness (QED) is 0.711. The van der Waals surface area contributed by atoms with Gasteiger partial charge in [0.15, 0.2) is 6.10 Å². The lowest BCUT2D eigenvalue weighted by atomic mass is 10.0. The van der Waals surface area contributed by atoms with Gasteiger partial charge in [0.05, 0.1) is 5.56 Å². The van der Waals surface area contributed by atoms with Crippen LogP contribution in [0.4, 0.5) is 4.79 Å². The lowest BCUT2D eigenvalue weighted by molar-refractivity contribution is -0.130. The van der Waals surface area contributed by atoms with Crippen molar-refractivity contribution in [3.63, 3.8) is 0 Å². The number of hydrogen-bond acceptors (Lipinski definition) is 5. The smallest absolute Gasteiger partial charge is 0.338 e. The molecule has 0 bridgehead atoms. The monoisotopic (exact) mass is 356 g/mol. The summed E-state index contributed by atoms with van der Waals surface area (Å²) >= 11 is 0. The van der Waals surface area contributed by atoms with Crippen LogP contribution in [0.1, 0.15) is 24.2 Å². The van der Waals surface area contributed by atoms with Crippen molar-refractivity contribution in [3.8, 4) is 16.9 Å². The summed E-state index contributed by atoms with van der Waals surface area (Å²) in [4.78, 5) is 35.0. The molecule has 0 aromatic heterocycles. The number of aromatic hydroxyl groups is 1. The Bertz CT molecular complexity index is 798. The molecular weight excluding hydrogens is 336 g/mol. The second-order valence-electron chi connectivity index (χ2n) is 6.05. The Kier molecular flexibility index (Phi) is 5.95. The van der Waals surface area contributed by atoms with Crippen LogP contribution in [-0.2, 0) is 9.53 Å². The molecule has 0 aliphatic rings. The molecule has 7 heteroatoms. The van der Waals surface area contributed by atoms with E-state index in [1.54, 1.807) is 62.4 Å². The molecule has 0 saturated heterocycles. The van der Waals surface area contributed by atoms with Gasteiger partial charge in [-0.15, -0.1) is 0 Å². The molecule has 2 aromatic carbocycles. The third-order valence-corrected chi connectivity index (χ3v) is 3.67. The molecule has 4 N–H and O–H groups in total. The summed E-state index contributed by atoms with van der Waals surface area (Å²) < 4.78 is 5.23. The first-order valence-corrected chi connectivity index (χ1v) is 7.98. The Hall–Kier alpha value is -3.35. The van der Waals surface area contributed by atoms with Crippen molar-refractivity contribution < 1.29 is 24.2 Å². The van der Waals surface area contributed by atoms with E-state index in [0.717, 1.165) is 11.1 Å². The first-order chi connectivity index (χ1) is 12.3. The molecule has 0 aliphatic carbocycles. The van der Waals surface area contributed by atoms with Gasteiger partial charge in [-0.2, -0.15) is 0 Å². The van der Waals surface area contributed by atoms with Crippen LogP contribution in [0.5, 0.6) is 5.75 Å². The average Bonchev–Trinajstić information content (AvgIpc) is 2.59. The van der Waals surface area contributed by atoms with Crippen LogP contribution in [-0.4, -0.2) is 29.1 Å². The van der Waals surface area contributed by atoms with E-state index in [2.05, 4.69) is 0 Å². The Morgan fingerprint density at radius 1 is 0.962 bits per heavy atom. The predicted octanol–water partition coefficient (Wildman–Crippen LogP) is 2.44. The third kappa shape index (κ3) is 4.83. The van der Waals surface area contributed by atoms with Gasteiger partial charge in [-0.05, 0) is 41.3 Å². The largest absolute Gasteiger partial charge is 0.508 e. The average molecular weight is 356 g/mol. The van der Waals surface area contributed by atoms with Gasteiger partial charge in [-0.3, -0.25) is 10.1 Å². The van der Waals surface area contributed by atoms with Crippen molar-refractivity contribution in [3.05, 3.63) is 54.1 Å². The molecule has 0 heterocycles. The Morgan fingerprint density at radius 2 is 1.46 bits per heavy atom. The summed E-state index contributed by atoms with van der Waals surface area (Å²) in [5.41, 5.74) is 6.93. The summed E-state index contributed by atoms with van der Waals surface area (Å²) in [6.45, 7) is 3.37. The number of carbonyl (C=O) groups excluding carboxylic acids is 3. The fourth-order valence-electron chi connectivity index (χ4n) is 2.32. The van der Waals surface area contributed by atoms with E-state index in [-0.39, 0.29) is 17.2 Å². The molecule has 0 spiro atoms. The molecule has 0 radical (unpaired) electrons. The highest BCUT2D eigenvalue weighted by Crippen LogP contribution is 2.22. The van der Waals surface area contributed by atoms with Gasteiger partial charge in [0.1, 0.15) is 5.75 Å². The maximum Gasteiger partial charge on any atom is 0.338 e. The van der Waals surface area contributed by atoms with Gasteiger partial charge < -0.3 is 15.6 Å². The van der Waals surface area contributed by atoms with Crippen LogP contribution < -0.4 is 11.1 Å². The zero-order valence-corrected chi connectivity index (χ0v) is 14.4. The van der Waals surface area contributed by atoms with Crippen molar-refractivity contribution in [2.24, 2.45) is 11.7 Å². The van der Waals surface area contributed by atoms with Gasteiger partial charge in [-0.1, -0.05) is 38.1 Å². The molecule has 2 aromatic rings. The van der Waals surface area contributed by atoms with Crippen LogP contribution in [0.25, 0.3) is 11.1 Å². The molecule has 26 heavy (non-hydrogen) atoms. The molecule has 3 amide bonds. The third-order valence-electron chi connectivity index (χ3n) is 3.67. The van der Waals surface area contributed by atoms with Gasteiger partial charge in [0.25, 0.3) is 5.91 Å². The molecule has 0 fully saturated rings. The Labute approximate surface area is 150 Å². The zero-order valence-electron chi connectivity index (χ0n) is 14.4. The maximum atomic E-state index is 12.3. The lowest BCUT2D eigenvalue weighted by Gasteiger charge is -2.19. The van der Waals surface area contributed by atoms with E-state index in [0.29, 0.717) is 0 Å². The highest BCUT2D eigenvalue weighted by atomic mass is 16.5. The summed E-state index contributed by atoms with van der Waals surface area (Å²) in [6, 6.07) is 12.3. The number of ether oxygens (including phenoxy) is 1. The molecule has 1 atom stereocenters. The number of benzene rings is 2. The minimum absolute atomic E-state index is 0.169. The molecule has 2 rings (SSSR count). The van der Waals surface area contributed by atoms with E-state index < -0.39 is 24.0 Å². The lowest BCUT2D eigenvalue weighted by Crippen LogP contribution is -2.45. The number of phenolic OH excluding ortho intramolecular Hbond substituents is 1. The predicted molar refractivity (Wildman–Crippen MR) is 95.3 cm³/mol. The normalized spacial score (nSPS) is 11.7. The standard InChI is InChI=1S/C19H20N2O5/c1-11(2)16(17(23)21-19(20)25)26-18(24)14-5-3-12(4-6-14)13-7-9-15(22)10-8-13/h3-11,16,22H,1-2H3,(H3,20,21,23,25). The maximum absolute atomic E-state index is 12.3. The van der Waals surface area contributed by atoms with Crippen LogP contribution in [0.15, 0.2) is 48.5 Å². The van der Waals surface area contributed by atoms with E-state index in [1.807, 2.05) is 5.32 Å². The molecule has 1 unspecified atom stereocenters. The zero-order chi connectivity index (χ0) is 19.3. The van der Waals surface area contributed by atoms with Gasteiger partial charge >= 0.3 is 12.0 Å². The van der Waals surface area contributed by atoms with Crippen molar-refractivity contribution >= 4 is 17.9 Å². The summed E-state index contributed by atoms with van der Waals surface area (Å²) in [6.07, 6.45) is -1.13. The van der Waals surface area contributed by atoms with Crippen LogP contribution >= 0.6 is 0 Å². The number of urea groups is 1. The van der Waals surface area contributed by atoms with Gasteiger partial charge in [0, 0.05) is 0 Å². The first kappa shape index (κ1) is 19.0. The molecule has 7 nitrogen and oxygen atoms in total. The topological polar surface area (TPSA) is 119 Å². The van der Waals surface area contributed by atoms with Crippen molar-refractivity contribution in [2.45, 2.75) is 20.0 Å². The number of carbonyl (C=O) groups is 3. The first-order valence-electron chi connectivity index (χ1n) is 7.98. The van der Waals surface area contributed by atoms with E-state index in [9.17, 15) is 19.5 Å². The highest BCUT2D eigenvalue weighted by Gasteiger charge is 2.27. The summed E-state index contributed by atoms with van der Waals surface area (Å²) in [5, 5.41) is 11.2. The number of hydrogen-bond donors (Lipinski definition) is 3. The molecule has 136 valence electrons. The number of primary amides is 1. The fraction of sp³-hybridized carbons (Fsp3) is 0.211. The van der Waals surface area contributed by atoms with Gasteiger partial charge in [-0.25, -0.2) is 9.59 Å². The van der Waals surface area contributed by atoms with Gasteiger partial charge in [0.2, 0.25) is 0 Å².